The summed E-state index contributed by atoms with van der Waals surface area (Å²) in [6.07, 6.45) is 0.486. The maximum atomic E-state index is 12.6. The van der Waals surface area contributed by atoms with Crippen LogP contribution < -0.4 is 5.32 Å². The van der Waals surface area contributed by atoms with Crippen LogP contribution in [0.15, 0.2) is 24.3 Å². The third kappa shape index (κ3) is 2.70. The molecule has 1 aromatic rings. The predicted molar refractivity (Wildman–Crippen MR) is 74.2 cm³/mol. The molecule has 3 rings (SSSR count). The maximum Gasteiger partial charge on any atom is 0.240 e. The molecule has 0 saturated carbocycles. The van der Waals surface area contributed by atoms with E-state index in [1.807, 2.05) is 12.1 Å². The van der Waals surface area contributed by atoms with Gasteiger partial charge in [0.25, 0.3) is 0 Å². The summed E-state index contributed by atoms with van der Waals surface area (Å²) >= 11 is 0. The Bertz CT molecular complexity index is 492. The molecule has 0 aromatic heterocycles. The molecule has 0 radical (unpaired) electrons. The van der Waals surface area contributed by atoms with Crippen LogP contribution in [0.25, 0.3) is 0 Å². The van der Waals surface area contributed by atoms with Gasteiger partial charge in [0.05, 0.1) is 25.4 Å². The van der Waals surface area contributed by atoms with Crippen LogP contribution >= 0.6 is 0 Å². The molecule has 1 saturated heterocycles. The Labute approximate surface area is 118 Å². The van der Waals surface area contributed by atoms with Crippen molar-refractivity contribution in [1.29, 1.82) is 0 Å². The van der Waals surface area contributed by atoms with Crippen molar-refractivity contribution in [1.82, 2.24) is 10.2 Å². The number of ether oxygens (including phenoxy) is 1. The van der Waals surface area contributed by atoms with Crippen LogP contribution in [0.4, 0.5) is 0 Å². The lowest BCUT2D eigenvalue weighted by Crippen LogP contribution is -2.54. The molecule has 5 nitrogen and oxygen atoms in total. The van der Waals surface area contributed by atoms with Crippen molar-refractivity contribution < 1.29 is 14.6 Å². The van der Waals surface area contributed by atoms with E-state index in [2.05, 4.69) is 17.4 Å². The summed E-state index contributed by atoms with van der Waals surface area (Å²) in [6, 6.07) is 8.06. The quantitative estimate of drug-likeness (QED) is 0.793. The maximum absolute atomic E-state index is 12.6. The lowest BCUT2D eigenvalue weighted by molar-refractivity contribution is -0.142. The van der Waals surface area contributed by atoms with Crippen molar-refractivity contribution in [3.8, 4) is 0 Å². The SMILES string of the molecule is O=C(C1Cc2ccccc2CN1)N1CCOC(CO)C1. The summed E-state index contributed by atoms with van der Waals surface area (Å²) in [6.45, 7) is 2.29. The first kappa shape index (κ1) is 13.5. The Morgan fingerprint density at radius 2 is 2.20 bits per heavy atom. The van der Waals surface area contributed by atoms with Crippen LogP contribution in [0.3, 0.4) is 0 Å². The number of hydrogen-bond acceptors (Lipinski definition) is 4. The van der Waals surface area contributed by atoms with E-state index < -0.39 is 0 Å². The largest absolute Gasteiger partial charge is 0.394 e. The highest BCUT2D eigenvalue weighted by atomic mass is 16.5. The number of morpholine rings is 1. The lowest BCUT2D eigenvalue weighted by atomic mass is 9.95. The molecule has 1 aromatic carbocycles. The number of amides is 1. The summed E-state index contributed by atoms with van der Waals surface area (Å²) in [7, 11) is 0. The van der Waals surface area contributed by atoms with E-state index in [1.165, 1.54) is 11.1 Å². The lowest BCUT2D eigenvalue weighted by Gasteiger charge is -2.36. The van der Waals surface area contributed by atoms with E-state index in [0.717, 1.165) is 13.0 Å². The molecule has 5 heteroatoms. The number of nitrogens with one attached hydrogen (secondary N) is 1. The molecule has 2 N–H and O–H groups in total. The van der Waals surface area contributed by atoms with Crippen molar-refractivity contribution in [2.75, 3.05) is 26.3 Å². The molecule has 0 bridgehead atoms. The second-order valence-electron chi connectivity index (χ2n) is 5.37. The van der Waals surface area contributed by atoms with Crippen LogP contribution in [-0.4, -0.2) is 54.4 Å². The minimum Gasteiger partial charge on any atom is -0.394 e. The molecule has 20 heavy (non-hydrogen) atoms. The van der Waals surface area contributed by atoms with Crippen molar-refractivity contribution >= 4 is 5.91 Å². The highest BCUT2D eigenvalue weighted by Gasteiger charge is 2.31. The summed E-state index contributed by atoms with van der Waals surface area (Å²) in [5.41, 5.74) is 2.52. The van der Waals surface area contributed by atoms with Crippen molar-refractivity contribution in [2.45, 2.75) is 25.1 Å². The molecule has 2 heterocycles. The van der Waals surface area contributed by atoms with Crippen LogP contribution in [0.5, 0.6) is 0 Å². The number of nitrogens with zero attached hydrogens (tertiary/aromatic N) is 1. The average molecular weight is 276 g/mol. The van der Waals surface area contributed by atoms with E-state index in [4.69, 9.17) is 9.84 Å². The first-order valence-electron chi connectivity index (χ1n) is 7.09. The van der Waals surface area contributed by atoms with Gasteiger partial charge < -0.3 is 20.1 Å². The molecule has 2 aliphatic rings. The average Bonchev–Trinajstić information content (AvgIpc) is 2.53. The van der Waals surface area contributed by atoms with E-state index in [1.54, 1.807) is 4.90 Å². The Morgan fingerprint density at radius 1 is 1.40 bits per heavy atom. The highest BCUT2D eigenvalue weighted by molar-refractivity contribution is 5.82. The number of fused-ring (bicyclic) bond motifs is 1. The molecule has 2 aliphatic heterocycles. The van der Waals surface area contributed by atoms with Gasteiger partial charge in [0.15, 0.2) is 0 Å². The summed E-state index contributed by atoms with van der Waals surface area (Å²) < 4.78 is 5.39. The van der Waals surface area contributed by atoms with Crippen molar-refractivity contribution in [3.63, 3.8) is 0 Å². The fraction of sp³-hybridized carbons (Fsp3) is 0.533. The Morgan fingerprint density at radius 3 is 3.00 bits per heavy atom. The van der Waals surface area contributed by atoms with Gasteiger partial charge in [-0.25, -0.2) is 0 Å². The van der Waals surface area contributed by atoms with Crippen molar-refractivity contribution in [3.05, 3.63) is 35.4 Å². The van der Waals surface area contributed by atoms with Crippen LogP contribution in [0.2, 0.25) is 0 Å². The number of hydrogen-bond donors (Lipinski definition) is 2. The molecule has 108 valence electrons. The number of aliphatic hydroxyl groups excluding tert-OH is 1. The normalized spacial score (nSPS) is 26.1. The summed E-state index contributed by atoms with van der Waals surface area (Å²) in [5.74, 6) is 0.112. The zero-order valence-electron chi connectivity index (χ0n) is 11.4. The first-order chi connectivity index (χ1) is 9.78. The summed E-state index contributed by atoms with van der Waals surface area (Å²) in [4.78, 5) is 14.4. The molecule has 0 aliphatic carbocycles. The van der Waals surface area contributed by atoms with Crippen LogP contribution in [-0.2, 0) is 22.5 Å². The molecular weight excluding hydrogens is 256 g/mol. The second kappa shape index (κ2) is 5.91. The number of rotatable bonds is 2. The van der Waals surface area contributed by atoms with Gasteiger partial charge in [-0.3, -0.25) is 4.79 Å². The first-order valence-corrected chi connectivity index (χ1v) is 7.09. The third-order valence-electron chi connectivity index (χ3n) is 4.03. The van der Waals surface area contributed by atoms with Gasteiger partial charge in [0.2, 0.25) is 5.91 Å². The van der Waals surface area contributed by atoms with Crippen LogP contribution in [0, 0.1) is 0 Å². The number of carbonyl (C=O) groups excluding carboxylic acids is 1. The fourth-order valence-electron chi connectivity index (χ4n) is 2.88. The van der Waals surface area contributed by atoms with Crippen LogP contribution in [0.1, 0.15) is 11.1 Å². The molecule has 2 atom stereocenters. The molecule has 2 unspecified atom stereocenters. The monoisotopic (exact) mass is 276 g/mol. The van der Waals surface area contributed by atoms with Gasteiger partial charge in [0.1, 0.15) is 0 Å². The van der Waals surface area contributed by atoms with E-state index in [-0.39, 0.29) is 24.7 Å². The summed E-state index contributed by atoms with van der Waals surface area (Å²) in [5, 5.41) is 12.5. The predicted octanol–water partition coefficient (Wildman–Crippen LogP) is -0.0794. The number of aliphatic hydroxyl groups is 1. The molecular formula is C15H20N2O3. The van der Waals surface area contributed by atoms with Gasteiger partial charge in [-0.2, -0.15) is 0 Å². The van der Waals surface area contributed by atoms with E-state index in [9.17, 15) is 4.79 Å². The van der Waals surface area contributed by atoms with Crippen molar-refractivity contribution in [2.24, 2.45) is 0 Å². The van der Waals surface area contributed by atoms with E-state index in [0.29, 0.717) is 19.7 Å². The molecule has 0 spiro atoms. The van der Waals surface area contributed by atoms with Gasteiger partial charge in [-0.1, -0.05) is 24.3 Å². The highest BCUT2D eigenvalue weighted by Crippen LogP contribution is 2.18. The Hall–Kier alpha value is -1.43. The zero-order valence-corrected chi connectivity index (χ0v) is 11.4. The fourth-order valence-corrected chi connectivity index (χ4v) is 2.88. The number of carbonyl (C=O) groups is 1. The number of benzene rings is 1. The van der Waals surface area contributed by atoms with Gasteiger partial charge in [-0.05, 0) is 17.5 Å². The minimum absolute atomic E-state index is 0.0370. The third-order valence-corrected chi connectivity index (χ3v) is 4.03. The Kier molecular flexibility index (Phi) is 4.00. The molecule has 1 fully saturated rings. The smallest absolute Gasteiger partial charge is 0.240 e. The van der Waals surface area contributed by atoms with Gasteiger partial charge in [0, 0.05) is 19.6 Å². The van der Waals surface area contributed by atoms with E-state index >= 15 is 0 Å². The Balaban J connectivity index is 1.67. The topological polar surface area (TPSA) is 61.8 Å². The minimum atomic E-state index is -0.247. The van der Waals surface area contributed by atoms with Gasteiger partial charge in [-0.15, -0.1) is 0 Å². The van der Waals surface area contributed by atoms with Gasteiger partial charge >= 0.3 is 0 Å². The standard InChI is InChI=1S/C15H20N2O3/c18-10-13-9-17(5-6-20-13)15(19)14-7-11-3-1-2-4-12(11)8-16-14/h1-4,13-14,16,18H,5-10H2. The second-order valence-corrected chi connectivity index (χ2v) is 5.37. The zero-order chi connectivity index (χ0) is 13.9. The molecule has 1 amide bonds.